The first kappa shape index (κ1) is 42.1. The van der Waals surface area contributed by atoms with E-state index in [-0.39, 0.29) is 65.9 Å². The van der Waals surface area contributed by atoms with Crippen molar-refractivity contribution in [2.75, 3.05) is 31.5 Å². The van der Waals surface area contributed by atoms with Gasteiger partial charge in [-0.2, -0.15) is 0 Å². The predicted molar refractivity (Wildman–Crippen MR) is 201 cm³/mol. The zero-order valence-electron chi connectivity index (χ0n) is 32.3. The molecule has 0 aromatic heterocycles. The molecule has 4 amide bonds. The van der Waals surface area contributed by atoms with Crippen LogP contribution in [0.25, 0.3) is 0 Å². The van der Waals surface area contributed by atoms with Crippen LogP contribution in [-0.2, 0) is 35.3 Å². The van der Waals surface area contributed by atoms with Gasteiger partial charge in [0.2, 0.25) is 23.6 Å². The molecule has 4 atom stereocenters. The molecule has 3 rings (SSSR count). The van der Waals surface area contributed by atoms with E-state index < -0.39 is 12.1 Å². The van der Waals surface area contributed by atoms with Gasteiger partial charge in [0.1, 0.15) is 12.6 Å². The Morgan fingerprint density at radius 1 is 0.824 bits per heavy atom. The first-order valence-electron chi connectivity index (χ1n) is 19.5. The highest BCUT2D eigenvalue weighted by molar-refractivity contribution is 6.03. The van der Waals surface area contributed by atoms with Gasteiger partial charge in [0.05, 0.1) is 12.0 Å². The maximum Gasteiger partial charge on any atom is 0.308 e. The highest BCUT2D eigenvalue weighted by Gasteiger charge is 2.39. The van der Waals surface area contributed by atoms with Crippen LogP contribution in [0.1, 0.15) is 118 Å². The van der Waals surface area contributed by atoms with E-state index in [2.05, 4.69) is 27.8 Å². The summed E-state index contributed by atoms with van der Waals surface area (Å²) in [5, 5.41) is 9.58. The fourth-order valence-electron chi connectivity index (χ4n) is 6.79. The lowest BCUT2D eigenvalue weighted by molar-refractivity contribution is -0.148. The van der Waals surface area contributed by atoms with E-state index in [1.54, 1.807) is 26.0 Å². The molecule has 11 heteroatoms. The predicted octanol–water partition coefficient (Wildman–Crippen LogP) is 5.67. The van der Waals surface area contributed by atoms with Crippen LogP contribution in [0.2, 0.25) is 0 Å². The molecule has 0 radical (unpaired) electrons. The summed E-state index contributed by atoms with van der Waals surface area (Å²) >= 11 is 0. The van der Waals surface area contributed by atoms with Gasteiger partial charge in [0.15, 0.2) is 0 Å². The molecule has 0 spiro atoms. The van der Waals surface area contributed by atoms with Gasteiger partial charge in [-0.3, -0.25) is 28.9 Å². The molecule has 2 aliphatic heterocycles. The third-order valence-corrected chi connectivity index (χ3v) is 10.1. The van der Waals surface area contributed by atoms with Crippen LogP contribution in [0.3, 0.4) is 0 Å². The number of amides is 4. The normalized spacial score (nSPS) is 18.7. The van der Waals surface area contributed by atoms with Gasteiger partial charge >= 0.3 is 5.97 Å². The van der Waals surface area contributed by atoms with E-state index in [0.717, 1.165) is 57.3 Å². The van der Waals surface area contributed by atoms with Crippen molar-refractivity contribution >= 4 is 35.3 Å². The Bertz CT molecular complexity index is 1280. The molecule has 1 unspecified atom stereocenters. The SMILES string of the molecule is CC(C)C(=O)OCc1ccc(NC(=O)[C@H](CCCN2CCCCC2)NC(=O)[C@@H](N[C@@H](C)CCCCCN2C(=O)CC(C(C)C)C2=O)C(C)C)cc1. The van der Waals surface area contributed by atoms with Gasteiger partial charge in [-0.25, -0.2) is 0 Å². The third kappa shape index (κ3) is 14.0. The van der Waals surface area contributed by atoms with E-state index in [1.165, 1.54) is 24.2 Å². The van der Waals surface area contributed by atoms with Crippen LogP contribution in [0.5, 0.6) is 0 Å². The minimum atomic E-state index is -0.696. The molecular weight excluding hydrogens is 646 g/mol. The number of carbonyl (C=O) groups excluding carboxylic acids is 5. The molecule has 2 saturated heterocycles. The smallest absolute Gasteiger partial charge is 0.308 e. The van der Waals surface area contributed by atoms with E-state index in [0.29, 0.717) is 25.1 Å². The van der Waals surface area contributed by atoms with Crippen molar-refractivity contribution in [1.82, 2.24) is 20.4 Å². The lowest BCUT2D eigenvalue weighted by Crippen LogP contribution is -2.55. The Hall–Kier alpha value is -3.31. The maximum atomic E-state index is 13.8. The number of nitrogens with one attached hydrogen (secondary N) is 3. The average molecular weight is 712 g/mol. The van der Waals surface area contributed by atoms with Gasteiger partial charge in [-0.1, -0.05) is 72.9 Å². The number of unbranched alkanes of at least 4 members (excludes halogenated alkanes) is 2. The second-order valence-electron chi connectivity index (χ2n) is 15.6. The molecule has 51 heavy (non-hydrogen) atoms. The lowest BCUT2D eigenvalue weighted by Gasteiger charge is -2.29. The molecule has 1 aromatic rings. The quantitative estimate of drug-likeness (QED) is 0.0844. The number of rotatable bonds is 21. The van der Waals surface area contributed by atoms with Gasteiger partial charge < -0.3 is 25.6 Å². The Kier molecular flexibility index (Phi) is 17.6. The summed E-state index contributed by atoms with van der Waals surface area (Å²) in [5.41, 5.74) is 1.43. The molecular formula is C40H65N5O6. The zero-order chi connectivity index (χ0) is 37.5. The first-order valence-corrected chi connectivity index (χ1v) is 19.5. The molecule has 0 aliphatic carbocycles. The monoisotopic (exact) mass is 711 g/mol. The van der Waals surface area contributed by atoms with Crippen LogP contribution < -0.4 is 16.0 Å². The molecule has 0 saturated carbocycles. The second-order valence-corrected chi connectivity index (χ2v) is 15.6. The Morgan fingerprint density at radius 2 is 1.51 bits per heavy atom. The minimum absolute atomic E-state index is 0.00273. The van der Waals surface area contributed by atoms with Crippen LogP contribution in [0, 0.1) is 23.7 Å². The number of benzene rings is 1. The number of likely N-dealkylation sites (tertiary alicyclic amines) is 2. The molecule has 2 fully saturated rings. The van der Waals surface area contributed by atoms with E-state index >= 15 is 0 Å². The fraction of sp³-hybridized carbons (Fsp3) is 0.725. The number of nitrogens with zero attached hydrogens (tertiary/aromatic N) is 2. The third-order valence-electron chi connectivity index (χ3n) is 10.1. The zero-order valence-corrected chi connectivity index (χ0v) is 32.3. The van der Waals surface area contributed by atoms with Crippen molar-refractivity contribution in [3.8, 4) is 0 Å². The standard InChI is InChI=1S/C40H65N5O6/c1-27(2)33-25-35(46)45(39(33)49)24-13-8-10-15-30(7)41-36(28(3)4)38(48)43-34(16-14-23-44-21-11-9-12-22-44)37(47)42-32-19-17-31(18-20-32)26-51-40(50)29(5)6/h17-20,27-30,33-34,36,41H,8-16,21-26H2,1-7H3,(H,42,47)(H,43,48)/t30-,33?,34-,36-/m0/s1. The number of esters is 1. The Morgan fingerprint density at radius 3 is 2.12 bits per heavy atom. The number of anilines is 1. The summed E-state index contributed by atoms with van der Waals surface area (Å²) in [5.74, 6) is -1.02. The molecule has 286 valence electrons. The largest absolute Gasteiger partial charge is 0.461 e. The topological polar surface area (TPSA) is 137 Å². The molecule has 2 aliphatic rings. The number of piperidine rings is 1. The minimum Gasteiger partial charge on any atom is -0.461 e. The van der Waals surface area contributed by atoms with E-state index in [1.807, 2.05) is 39.8 Å². The number of carbonyl (C=O) groups is 5. The fourth-order valence-corrected chi connectivity index (χ4v) is 6.79. The van der Waals surface area contributed by atoms with Crippen molar-refractivity contribution in [1.29, 1.82) is 0 Å². The summed E-state index contributed by atoms with van der Waals surface area (Å²) in [6.07, 6.45) is 8.71. The number of ether oxygens (including phenoxy) is 1. The summed E-state index contributed by atoms with van der Waals surface area (Å²) in [6, 6.07) is 6.10. The summed E-state index contributed by atoms with van der Waals surface area (Å²) in [7, 11) is 0. The average Bonchev–Trinajstić information content (AvgIpc) is 3.38. The lowest BCUT2D eigenvalue weighted by atomic mass is 9.94. The molecule has 11 nitrogen and oxygen atoms in total. The molecule has 0 bridgehead atoms. The Balaban J connectivity index is 1.53. The molecule has 2 heterocycles. The summed E-state index contributed by atoms with van der Waals surface area (Å²) < 4.78 is 5.32. The summed E-state index contributed by atoms with van der Waals surface area (Å²) in [6.45, 7) is 17.3. The maximum absolute atomic E-state index is 13.8. The summed E-state index contributed by atoms with van der Waals surface area (Å²) in [4.78, 5) is 68.1. The van der Waals surface area contributed by atoms with Crippen molar-refractivity contribution in [2.24, 2.45) is 23.7 Å². The second kappa shape index (κ2) is 21.3. The van der Waals surface area contributed by atoms with Gasteiger partial charge in [-0.15, -0.1) is 0 Å². The van der Waals surface area contributed by atoms with Crippen molar-refractivity contribution in [3.63, 3.8) is 0 Å². The highest BCUT2D eigenvalue weighted by Crippen LogP contribution is 2.26. The Labute approximate surface area is 306 Å². The number of imide groups is 1. The number of hydrogen-bond donors (Lipinski definition) is 3. The van der Waals surface area contributed by atoms with Crippen molar-refractivity contribution < 1.29 is 28.7 Å². The van der Waals surface area contributed by atoms with Gasteiger partial charge in [-0.05, 0) is 94.6 Å². The molecule has 3 N–H and O–H groups in total. The van der Waals surface area contributed by atoms with E-state index in [9.17, 15) is 24.0 Å². The van der Waals surface area contributed by atoms with Gasteiger partial charge in [0, 0.05) is 30.6 Å². The number of hydrogen-bond acceptors (Lipinski definition) is 8. The van der Waals surface area contributed by atoms with Crippen LogP contribution in [-0.4, -0.2) is 83.7 Å². The van der Waals surface area contributed by atoms with Crippen molar-refractivity contribution in [2.45, 2.75) is 137 Å². The first-order chi connectivity index (χ1) is 24.3. The van der Waals surface area contributed by atoms with E-state index in [4.69, 9.17) is 4.74 Å². The van der Waals surface area contributed by atoms with Crippen LogP contribution in [0.15, 0.2) is 24.3 Å². The van der Waals surface area contributed by atoms with Crippen molar-refractivity contribution in [3.05, 3.63) is 29.8 Å². The van der Waals surface area contributed by atoms with Crippen LogP contribution >= 0.6 is 0 Å². The van der Waals surface area contributed by atoms with Gasteiger partial charge in [0.25, 0.3) is 0 Å². The van der Waals surface area contributed by atoms with Crippen LogP contribution in [0.4, 0.5) is 5.69 Å². The highest BCUT2D eigenvalue weighted by atomic mass is 16.5. The molecule has 1 aromatic carbocycles.